The minimum Gasteiger partial charge on any atom is -0.492 e. The fourth-order valence-electron chi connectivity index (χ4n) is 4.82. The first kappa shape index (κ1) is 30.3. The lowest BCUT2D eigenvalue weighted by Crippen LogP contribution is -2.35. The molecule has 44 heavy (non-hydrogen) atoms. The second-order valence-electron chi connectivity index (χ2n) is 10.1. The van der Waals surface area contributed by atoms with Gasteiger partial charge in [0.15, 0.2) is 5.78 Å². The first-order valence-corrected chi connectivity index (χ1v) is 15.1. The van der Waals surface area contributed by atoms with Crippen molar-refractivity contribution in [2.45, 2.75) is 18.9 Å². The van der Waals surface area contributed by atoms with Gasteiger partial charge in [0.05, 0.1) is 13.0 Å². The monoisotopic (exact) mass is 604 g/mol. The number of amides is 1. The van der Waals surface area contributed by atoms with Gasteiger partial charge in [-0.15, -0.1) is 11.3 Å². The highest BCUT2D eigenvalue weighted by atomic mass is 32.1. The van der Waals surface area contributed by atoms with Gasteiger partial charge in [0.1, 0.15) is 18.4 Å². The number of benzene rings is 4. The largest absolute Gasteiger partial charge is 0.492 e. The fourth-order valence-corrected chi connectivity index (χ4v) is 5.51. The molecule has 0 bridgehead atoms. The van der Waals surface area contributed by atoms with E-state index in [2.05, 4.69) is 5.32 Å². The third-order valence-corrected chi connectivity index (χ3v) is 7.93. The van der Waals surface area contributed by atoms with Crippen LogP contribution in [-0.4, -0.2) is 42.0 Å². The molecular formula is C36H32N2O5S. The summed E-state index contributed by atoms with van der Waals surface area (Å²) >= 11 is 1.56. The van der Waals surface area contributed by atoms with Gasteiger partial charge >= 0.3 is 5.97 Å². The van der Waals surface area contributed by atoms with Crippen LogP contribution >= 0.6 is 11.3 Å². The van der Waals surface area contributed by atoms with E-state index in [1.54, 1.807) is 76.9 Å². The second-order valence-corrected chi connectivity index (χ2v) is 11.1. The third-order valence-electron chi connectivity index (χ3n) is 7.06. The van der Waals surface area contributed by atoms with Gasteiger partial charge in [-0.2, -0.15) is 0 Å². The predicted molar refractivity (Wildman–Crippen MR) is 174 cm³/mol. The molecule has 0 aliphatic rings. The first-order valence-electron chi connectivity index (χ1n) is 14.3. The van der Waals surface area contributed by atoms with E-state index < -0.39 is 12.0 Å². The lowest BCUT2D eigenvalue weighted by atomic mass is 10.00. The number of anilines is 2. The van der Waals surface area contributed by atoms with Gasteiger partial charge < -0.3 is 20.1 Å². The van der Waals surface area contributed by atoms with E-state index >= 15 is 0 Å². The molecule has 1 heterocycles. The maximum absolute atomic E-state index is 13.1. The summed E-state index contributed by atoms with van der Waals surface area (Å²) in [6, 6.07) is 35.5. The molecule has 0 saturated heterocycles. The lowest BCUT2D eigenvalue weighted by Gasteiger charge is -2.23. The SMILES string of the molecule is O=C(c1ccccc1)c1ccccc1NC(Cc1ccc(OCCN(C(=O)Cc2cccs2)c2ccccc2)cc1)C(=O)O. The molecule has 0 fully saturated rings. The van der Waals surface area contributed by atoms with Crippen molar-refractivity contribution in [2.75, 3.05) is 23.4 Å². The summed E-state index contributed by atoms with van der Waals surface area (Å²) in [7, 11) is 0. The average Bonchev–Trinajstić information content (AvgIpc) is 3.57. The van der Waals surface area contributed by atoms with Crippen LogP contribution in [0.2, 0.25) is 0 Å². The van der Waals surface area contributed by atoms with E-state index in [-0.39, 0.29) is 24.7 Å². The van der Waals surface area contributed by atoms with E-state index in [0.717, 1.165) is 16.1 Å². The molecule has 2 N–H and O–H groups in total. The molecular weight excluding hydrogens is 572 g/mol. The molecule has 222 valence electrons. The molecule has 0 saturated carbocycles. The summed E-state index contributed by atoms with van der Waals surface area (Å²) in [5.41, 5.74) is 3.01. The maximum Gasteiger partial charge on any atom is 0.326 e. The van der Waals surface area contributed by atoms with Crippen molar-refractivity contribution in [2.24, 2.45) is 0 Å². The number of thiophene rings is 1. The number of hydrogen-bond donors (Lipinski definition) is 2. The number of para-hydroxylation sites is 2. The number of ketones is 1. The number of carbonyl (C=O) groups excluding carboxylic acids is 2. The van der Waals surface area contributed by atoms with Crippen molar-refractivity contribution in [1.82, 2.24) is 0 Å². The van der Waals surface area contributed by atoms with Gasteiger partial charge in [-0.3, -0.25) is 9.59 Å². The van der Waals surface area contributed by atoms with E-state index in [0.29, 0.717) is 35.5 Å². The number of nitrogens with one attached hydrogen (secondary N) is 1. The van der Waals surface area contributed by atoms with Crippen LogP contribution in [0.4, 0.5) is 11.4 Å². The summed E-state index contributed by atoms with van der Waals surface area (Å²) < 4.78 is 5.97. The Kier molecular flexibility index (Phi) is 10.2. The zero-order valence-corrected chi connectivity index (χ0v) is 24.8. The van der Waals surface area contributed by atoms with E-state index in [1.807, 2.05) is 66.0 Å². The molecule has 8 heteroatoms. The number of carboxylic acids is 1. The highest BCUT2D eigenvalue weighted by molar-refractivity contribution is 7.10. The van der Waals surface area contributed by atoms with Gasteiger partial charge in [0.25, 0.3) is 0 Å². The molecule has 0 radical (unpaired) electrons. The quantitative estimate of drug-likeness (QED) is 0.136. The number of aliphatic carboxylic acids is 1. The molecule has 7 nitrogen and oxygen atoms in total. The third kappa shape index (κ3) is 7.99. The van der Waals surface area contributed by atoms with Crippen molar-refractivity contribution >= 4 is 40.4 Å². The van der Waals surface area contributed by atoms with Crippen LogP contribution in [0.15, 0.2) is 127 Å². The van der Waals surface area contributed by atoms with Gasteiger partial charge in [-0.25, -0.2) is 4.79 Å². The Balaban J connectivity index is 1.20. The first-order chi connectivity index (χ1) is 21.5. The van der Waals surface area contributed by atoms with Crippen LogP contribution < -0.4 is 15.0 Å². The smallest absolute Gasteiger partial charge is 0.326 e. The summed E-state index contributed by atoms with van der Waals surface area (Å²) in [5.74, 6) is -0.596. The van der Waals surface area contributed by atoms with Crippen LogP contribution in [0.3, 0.4) is 0 Å². The molecule has 0 aliphatic carbocycles. The second kappa shape index (κ2) is 14.8. The fraction of sp³-hybridized carbons (Fsp3) is 0.139. The van der Waals surface area contributed by atoms with Crippen molar-refractivity contribution in [3.05, 3.63) is 148 Å². The topological polar surface area (TPSA) is 95.9 Å². The van der Waals surface area contributed by atoms with Crippen LogP contribution in [0.5, 0.6) is 5.75 Å². The molecule has 4 aromatic carbocycles. The Bertz CT molecular complexity index is 1670. The number of carboxylic acid groups (broad SMARTS) is 1. The number of rotatable bonds is 14. The van der Waals surface area contributed by atoms with Crippen molar-refractivity contribution in [1.29, 1.82) is 0 Å². The normalized spacial score (nSPS) is 11.4. The van der Waals surface area contributed by atoms with Gasteiger partial charge in [0.2, 0.25) is 5.91 Å². The Morgan fingerprint density at radius 1 is 0.795 bits per heavy atom. The highest BCUT2D eigenvalue weighted by Crippen LogP contribution is 2.22. The maximum atomic E-state index is 13.1. The molecule has 1 unspecified atom stereocenters. The van der Waals surface area contributed by atoms with E-state index in [4.69, 9.17) is 4.74 Å². The minimum atomic E-state index is -1.03. The van der Waals surface area contributed by atoms with Crippen LogP contribution in [-0.2, 0) is 22.4 Å². The predicted octanol–water partition coefficient (Wildman–Crippen LogP) is 6.74. The Hall–Kier alpha value is -5.21. The number of ether oxygens (including phenoxy) is 1. The van der Waals surface area contributed by atoms with Crippen molar-refractivity contribution in [3.63, 3.8) is 0 Å². The number of nitrogens with zero attached hydrogens (tertiary/aromatic N) is 1. The molecule has 1 amide bonds. The zero-order valence-electron chi connectivity index (χ0n) is 24.0. The molecule has 5 rings (SSSR count). The molecule has 0 spiro atoms. The average molecular weight is 605 g/mol. The molecule has 1 aromatic heterocycles. The van der Waals surface area contributed by atoms with Crippen LogP contribution in [0.1, 0.15) is 26.4 Å². The van der Waals surface area contributed by atoms with Crippen molar-refractivity contribution < 1.29 is 24.2 Å². The van der Waals surface area contributed by atoms with E-state index in [1.165, 1.54) is 0 Å². The zero-order chi connectivity index (χ0) is 30.7. The Morgan fingerprint density at radius 2 is 1.48 bits per heavy atom. The summed E-state index contributed by atoms with van der Waals surface area (Å²) in [6.45, 7) is 0.665. The Labute approximate surface area is 260 Å². The standard InChI is InChI=1S/C36H32N2O5S/c39-34(25-30-14-9-23-44-30)38(28-12-5-2-6-13-28)21-22-43-29-19-17-26(18-20-29)24-33(36(41)42)37-32-16-8-7-15-31(32)35(40)27-10-3-1-4-11-27/h1-20,23,33,37H,21-22,24-25H2,(H,41,42). The summed E-state index contributed by atoms with van der Waals surface area (Å²) in [5, 5.41) is 15.0. The van der Waals surface area contributed by atoms with Gasteiger partial charge in [-0.05, 0) is 53.4 Å². The van der Waals surface area contributed by atoms with Crippen molar-refractivity contribution in [3.8, 4) is 5.75 Å². The lowest BCUT2D eigenvalue weighted by molar-refractivity contribution is -0.137. The molecule has 0 aliphatic heterocycles. The van der Waals surface area contributed by atoms with Crippen LogP contribution in [0, 0.1) is 0 Å². The van der Waals surface area contributed by atoms with Gasteiger partial charge in [-0.1, -0.05) is 78.9 Å². The van der Waals surface area contributed by atoms with Crippen LogP contribution in [0.25, 0.3) is 0 Å². The highest BCUT2D eigenvalue weighted by Gasteiger charge is 2.22. The molecule has 5 aromatic rings. The molecule has 1 atom stereocenters. The number of hydrogen-bond acceptors (Lipinski definition) is 6. The summed E-state index contributed by atoms with van der Waals surface area (Å²) in [4.78, 5) is 41.2. The number of carbonyl (C=O) groups is 3. The van der Waals surface area contributed by atoms with E-state index in [9.17, 15) is 19.5 Å². The minimum absolute atomic E-state index is 0.00291. The van der Waals surface area contributed by atoms with Gasteiger partial charge in [0, 0.05) is 33.8 Å². The Morgan fingerprint density at radius 3 is 2.16 bits per heavy atom. The summed E-state index contributed by atoms with van der Waals surface area (Å²) in [6.07, 6.45) is 0.521.